The lowest BCUT2D eigenvalue weighted by molar-refractivity contribution is -0.0858. The van der Waals surface area contributed by atoms with Crippen LogP contribution >= 0.6 is 0 Å². The molecule has 0 aliphatic heterocycles. The van der Waals surface area contributed by atoms with E-state index in [0.29, 0.717) is 5.92 Å². The van der Waals surface area contributed by atoms with Gasteiger partial charge in [0.1, 0.15) is 5.75 Å². The van der Waals surface area contributed by atoms with Gasteiger partial charge < -0.3 is 9.47 Å². The number of hydrogen-bond donors (Lipinski definition) is 0. The quantitative estimate of drug-likeness (QED) is 0.477. The van der Waals surface area contributed by atoms with Crippen molar-refractivity contribution < 1.29 is 9.47 Å². The van der Waals surface area contributed by atoms with E-state index < -0.39 is 0 Å². The van der Waals surface area contributed by atoms with Crippen molar-refractivity contribution in [1.82, 2.24) is 0 Å². The van der Waals surface area contributed by atoms with Crippen molar-refractivity contribution in [1.29, 1.82) is 0 Å². The second-order valence-electron chi connectivity index (χ2n) is 7.62. The predicted molar refractivity (Wildman–Crippen MR) is 102 cm³/mol. The van der Waals surface area contributed by atoms with Crippen LogP contribution in [-0.2, 0) is 4.74 Å². The molecule has 0 aromatic heterocycles. The zero-order valence-electron chi connectivity index (χ0n) is 16.1. The largest absolute Gasteiger partial charge is 0.465 e. The van der Waals surface area contributed by atoms with Crippen LogP contribution in [0.4, 0.5) is 0 Å². The van der Waals surface area contributed by atoms with Crippen LogP contribution in [0.15, 0.2) is 24.3 Å². The molecule has 2 atom stereocenters. The molecule has 1 saturated carbocycles. The van der Waals surface area contributed by atoms with Crippen LogP contribution in [-0.4, -0.2) is 12.9 Å². The van der Waals surface area contributed by atoms with Crippen molar-refractivity contribution in [2.75, 3.05) is 6.61 Å². The third kappa shape index (κ3) is 6.12. The molecule has 1 aliphatic rings. The van der Waals surface area contributed by atoms with Crippen molar-refractivity contribution in [3.63, 3.8) is 0 Å². The van der Waals surface area contributed by atoms with Gasteiger partial charge in [-0.2, -0.15) is 0 Å². The summed E-state index contributed by atoms with van der Waals surface area (Å²) in [6.07, 6.45) is 8.64. The van der Waals surface area contributed by atoms with Crippen LogP contribution in [0, 0.1) is 11.8 Å². The van der Waals surface area contributed by atoms with Gasteiger partial charge in [-0.3, -0.25) is 0 Å². The van der Waals surface area contributed by atoms with E-state index in [-0.39, 0.29) is 6.29 Å². The topological polar surface area (TPSA) is 18.5 Å². The fourth-order valence-electron chi connectivity index (χ4n) is 3.48. The van der Waals surface area contributed by atoms with Gasteiger partial charge in [-0.05, 0) is 48.3 Å². The zero-order chi connectivity index (χ0) is 17.4. The van der Waals surface area contributed by atoms with Crippen molar-refractivity contribution in [2.45, 2.75) is 84.8 Å². The molecular formula is C22H36O2. The molecule has 0 N–H and O–H groups in total. The second kappa shape index (κ2) is 10.1. The van der Waals surface area contributed by atoms with E-state index >= 15 is 0 Å². The maximum absolute atomic E-state index is 6.02. The first-order valence-electron chi connectivity index (χ1n) is 10.0. The van der Waals surface area contributed by atoms with Gasteiger partial charge in [0.25, 0.3) is 0 Å². The third-order valence-electron chi connectivity index (χ3n) is 5.63. The standard InChI is InChI=1S/C22H36O2/c1-5-18(4)20-11-13-21(14-12-20)24-22(6-2)23-16-15-19-9-7-17(3)8-10-19/h11-14,17-19,22H,5-10,15-16H2,1-4H3. The van der Waals surface area contributed by atoms with E-state index in [1.54, 1.807) is 0 Å². The van der Waals surface area contributed by atoms with Crippen LogP contribution in [0.2, 0.25) is 0 Å². The first kappa shape index (κ1) is 19.3. The molecule has 1 aromatic carbocycles. The molecule has 2 nitrogen and oxygen atoms in total. The van der Waals surface area contributed by atoms with Gasteiger partial charge >= 0.3 is 0 Å². The smallest absolute Gasteiger partial charge is 0.199 e. The fraction of sp³-hybridized carbons (Fsp3) is 0.727. The molecule has 0 spiro atoms. The molecular weight excluding hydrogens is 296 g/mol. The van der Waals surface area contributed by atoms with Crippen LogP contribution in [0.25, 0.3) is 0 Å². The molecule has 0 saturated heterocycles. The minimum absolute atomic E-state index is 0.123. The van der Waals surface area contributed by atoms with E-state index in [2.05, 4.69) is 52.0 Å². The Morgan fingerprint density at radius 2 is 1.67 bits per heavy atom. The summed E-state index contributed by atoms with van der Waals surface area (Å²) in [4.78, 5) is 0. The number of ether oxygens (including phenoxy) is 2. The highest BCUT2D eigenvalue weighted by molar-refractivity contribution is 5.29. The summed E-state index contributed by atoms with van der Waals surface area (Å²) in [5.74, 6) is 3.30. The highest BCUT2D eigenvalue weighted by atomic mass is 16.7. The summed E-state index contributed by atoms with van der Waals surface area (Å²) >= 11 is 0. The molecule has 2 rings (SSSR count). The molecule has 0 radical (unpaired) electrons. The van der Waals surface area contributed by atoms with E-state index in [1.807, 2.05) is 0 Å². The van der Waals surface area contributed by atoms with Gasteiger partial charge in [-0.25, -0.2) is 0 Å². The van der Waals surface area contributed by atoms with Gasteiger partial charge in [0, 0.05) is 6.42 Å². The monoisotopic (exact) mass is 332 g/mol. The number of benzene rings is 1. The van der Waals surface area contributed by atoms with E-state index in [0.717, 1.165) is 30.6 Å². The summed E-state index contributed by atoms with van der Waals surface area (Å²) in [5.41, 5.74) is 1.38. The summed E-state index contributed by atoms with van der Waals surface area (Å²) in [5, 5.41) is 0. The average molecular weight is 333 g/mol. The lowest BCUT2D eigenvalue weighted by Crippen LogP contribution is -2.22. The summed E-state index contributed by atoms with van der Waals surface area (Å²) in [6.45, 7) is 9.81. The molecule has 1 fully saturated rings. The van der Waals surface area contributed by atoms with Crippen LogP contribution in [0.1, 0.15) is 84.1 Å². The lowest BCUT2D eigenvalue weighted by Gasteiger charge is -2.26. The number of rotatable bonds is 9. The molecule has 2 unspecified atom stereocenters. The highest BCUT2D eigenvalue weighted by Crippen LogP contribution is 2.30. The van der Waals surface area contributed by atoms with Crippen LogP contribution in [0.3, 0.4) is 0 Å². The minimum atomic E-state index is -0.123. The van der Waals surface area contributed by atoms with Gasteiger partial charge in [-0.1, -0.05) is 65.5 Å². The van der Waals surface area contributed by atoms with Gasteiger partial charge in [-0.15, -0.1) is 0 Å². The summed E-state index contributed by atoms with van der Waals surface area (Å²) in [6, 6.07) is 8.52. The maximum atomic E-state index is 6.02. The van der Waals surface area contributed by atoms with Gasteiger partial charge in [0.05, 0.1) is 6.61 Å². The van der Waals surface area contributed by atoms with Crippen molar-refractivity contribution >= 4 is 0 Å². The molecule has 24 heavy (non-hydrogen) atoms. The Morgan fingerprint density at radius 1 is 1.00 bits per heavy atom. The Bertz CT molecular complexity index is 446. The van der Waals surface area contributed by atoms with Crippen molar-refractivity contribution in [2.24, 2.45) is 11.8 Å². The lowest BCUT2D eigenvalue weighted by atomic mass is 9.82. The molecule has 0 amide bonds. The van der Waals surface area contributed by atoms with Crippen LogP contribution in [0.5, 0.6) is 5.75 Å². The molecule has 1 aromatic rings. The predicted octanol–water partition coefficient (Wildman–Crippen LogP) is 6.55. The van der Waals surface area contributed by atoms with Crippen molar-refractivity contribution in [3.8, 4) is 5.75 Å². The molecule has 1 aliphatic carbocycles. The first-order chi connectivity index (χ1) is 11.6. The van der Waals surface area contributed by atoms with Gasteiger partial charge in [0.15, 0.2) is 6.29 Å². The Kier molecular flexibility index (Phi) is 8.11. The first-order valence-corrected chi connectivity index (χ1v) is 10.0. The highest BCUT2D eigenvalue weighted by Gasteiger charge is 2.18. The molecule has 0 bridgehead atoms. The van der Waals surface area contributed by atoms with E-state index in [9.17, 15) is 0 Å². The summed E-state index contributed by atoms with van der Waals surface area (Å²) in [7, 11) is 0. The Morgan fingerprint density at radius 3 is 2.25 bits per heavy atom. The third-order valence-corrected chi connectivity index (χ3v) is 5.63. The van der Waals surface area contributed by atoms with E-state index in [1.165, 1.54) is 44.1 Å². The Labute approximate surface area is 148 Å². The summed E-state index contributed by atoms with van der Waals surface area (Å²) < 4.78 is 12.0. The molecule has 2 heteroatoms. The molecule has 136 valence electrons. The SMILES string of the molecule is CCC(OCCC1CCC(C)CC1)Oc1ccc(C(C)CC)cc1. The zero-order valence-corrected chi connectivity index (χ0v) is 16.1. The Balaban J connectivity index is 1.73. The Hall–Kier alpha value is -1.02. The fourth-order valence-corrected chi connectivity index (χ4v) is 3.48. The normalized spacial score (nSPS) is 23.7. The minimum Gasteiger partial charge on any atom is -0.465 e. The maximum Gasteiger partial charge on any atom is 0.199 e. The second-order valence-corrected chi connectivity index (χ2v) is 7.62. The van der Waals surface area contributed by atoms with Crippen molar-refractivity contribution in [3.05, 3.63) is 29.8 Å². The van der Waals surface area contributed by atoms with Crippen LogP contribution < -0.4 is 4.74 Å². The average Bonchev–Trinajstić information content (AvgIpc) is 2.62. The molecule has 0 heterocycles. The number of hydrogen-bond acceptors (Lipinski definition) is 2. The van der Waals surface area contributed by atoms with E-state index in [4.69, 9.17) is 9.47 Å². The van der Waals surface area contributed by atoms with Gasteiger partial charge in [0.2, 0.25) is 0 Å².